The van der Waals surface area contributed by atoms with Crippen LogP contribution in [0, 0.1) is 0 Å². The van der Waals surface area contributed by atoms with Gasteiger partial charge in [0.15, 0.2) is 0 Å². The molecular weight excluding hydrogens is 174 g/mol. The minimum atomic E-state index is 0.577. The van der Waals surface area contributed by atoms with Gasteiger partial charge in [0.1, 0.15) is 0 Å². The van der Waals surface area contributed by atoms with E-state index in [-0.39, 0.29) is 0 Å². The van der Waals surface area contributed by atoms with Crippen LogP contribution in [0.25, 0.3) is 0 Å². The number of nitrogens with two attached hydrogens (primary N) is 1. The topological polar surface area (TPSA) is 43.8 Å². The third kappa shape index (κ3) is 1.83. The first-order valence-electron chi connectivity index (χ1n) is 4.63. The highest BCUT2D eigenvalue weighted by Crippen LogP contribution is 2.05. The lowest BCUT2D eigenvalue weighted by atomic mass is 10.3. The zero-order valence-corrected chi connectivity index (χ0v) is 7.93. The molecule has 0 fully saturated rings. The fourth-order valence-corrected chi connectivity index (χ4v) is 1.48. The number of pyridine rings is 1. The molecule has 3 nitrogen and oxygen atoms in total. The number of nitrogens with zero attached hydrogens (tertiary/aromatic N) is 2. The van der Waals surface area contributed by atoms with Crippen molar-refractivity contribution in [3.8, 4) is 0 Å². The maximum atomic E-state index is 5.61. The lowest BCUT2D eigenvalue weighted by molar-refractivity contribution is 0.741. The molecule has 3 heteroatoms. The second kappa shape index (κ2) is 4.07. The lowest BCUT2D eigenvalue weighted by Gasteiger charge is -2.06. The average molecular weight is 187 g/mol. The predicted molar refractivity (Wildman–Crippen MR) is 55.7 cm³/mol. The molecule has 72 valence electrons. The Bertz CT molecular complexity index is 392. The Kier molecular flexibility index (Phi) is 2.60. The van der Waals surface area contributed by atoms with E-state index in [2.05, 4.69) is 15.6 Å². The van der Waals surface area contributed by atoms with Crippen molar-refractivity contribution in [3.63, 3.8) is 0 Å². The second-order valence-corrected chi connectivity index (χ2v) is 3.19. The molecule has 14 heavy (non-hydrogen) atoms. The van der Waals surface area contributed by atoms with Crippen molar-refractivity contribution in [1.82, 2.24) is 9.55 Å². The summed E-state index contributed by atoms with van der Waals surface area (Å²) in [5.74, 6) is 0. The highest BCUT2D eigenvalue weighted by atomic mass is 15.0. The Morgan fingerprint density at radius 3 is 2.93 bits per heavy atom. The van der Waals surface area contributed by atoms with Crippen molar-refractivity contribution >= 4 is 0 Å². The van der Waals surface area contributed by atoms with Crippen molar-refractivity contribution in [3.05, 3.63) is 54.1 Å². The van der Waals surface area contributed by atoms with E-state index in [4.69, 9.17) is 5.73 Å². The van der Waals surface area contributed by atoms with Gasteiger partial charge in [0.2, 0.25) is 0 Å². The Labute approximate surface area is 83.2 Å². The fraction of sp³-hybridized carbons (Fsp3) is 0.182. The summed E-state index contributed by atoms with van der Waals surface area (Å²) in [6, 6.07) is 8.06. The monoisotopic (exact) mass is 187 g/mol. The molecule has 0 radical (unpaired) electrons. The van der Waals surface area contributed by atoms with Crippen molar-refractivity contribution < 1.29 is 0 Å². The van der Waals surface area contributed by atoms with E-state index < -0.39 is 0 Å². The van der Waals surface area contributed by atoms with Crippen molar-refractivity contribution in [2.75, 3.05) is 0 Å². The van der Waals surface area contributed by atoms with Crippen LogP contribution in [0.15, 0.2) is 42.9 Å². The van der Waals surface area contributed by atoms with Crippen LogP contribution < -0.4 is 5.73 Å². The van der Waals surface area contributed by atoms with Crippen LogP contribution in [-0.4, -0.2) is 9.55 Å². The third-order valence-electron chi connectivity index (χ3n) is 2.21. The molecule has 0 aliphatic carbocycles. The minimum absolute atomic E-state index is 0.577. The van der Waals surface area contributed by atoms with Crippen molar-refractivity contribution in [2.24, 2.45) is 5.73 Å². The van der Waals surface area contributed by atoms with Gasteiger partial charge in [-0.25, -0.2) is 0 Å². The van der Waals surface area contributed by atoms with Gasteiger partial charge in [0.25, 0.3) is 0 Å². The van der Waals surface area contributed by atoms with Gasteiger partial charge < -0.3 is 10.3 Å². The van der Waals surface area contributed by atoms with Gasteiger partial charge in [0.05, 0.1) is 0 Å². The molecule has 0 saturated carbocycles. The van der Waals surface area contributed by atoms with E-state index in [1.165, 1.54) is 5.56 Å². The maximum Gasteiger partial charge on any atom is 0.0488 e. The van der Waals surface area contributed by atoms with E-state index >= 15 is 0 Å². The van der Waals surface area contributed by atoms with E-state index in [9.17, 15) is 0 Å². The molecule has 0 amide bonds. The van der Waals surface area contributed by atoms with Crippen LogP contribution >= 0.6 is 0 Å². The minimum Gasteiger partial charge on any atom is -0.346 e. The van der Waals surface area contributed by atoms with Crippen LogP contribution in [-0.2, 0) is 13.1 Å². The zero-order chi connectivity index (χ0) is 9.80. The largest absolute Gasteiger partial charge is 0.346 e. The van der Waals surface area contributed by atoms with E-state index in [0.29, 0.717) is 6.54 Å². The van der Waals surface area contributed by atoms with Crippen LogP contribution in [0.3, 0.4) is 0 Å². The summed E-state index contributed by atoms with van der Waals surface area (Å²) in [5.41, 5.74) is 7.95. The summed E-state index contributed by atoms with van der Waals surface area (Å²) in [7, 11) is 0. The molecule has 0 aliphatic rings. The normalized spacial score (nSPS) is 10.4. The highest BCUT2D eigenvalue weighted by molar-refractivity contribution is 5.13. The van der Waals surface area contributed by atoms with Gasteiger partial charge >= 0.3 is 0 Å². The summed E-state index contributed by atoms with van der Waals surface area (Å²) in [4.78, 5) is 4.08. The Morgan fingerprint density at radius 1 is 1.29 bits per heavy atom. The van der Waals surface area contributed by atoms with E-state index in [0.717, 1.165) is 12.2 Å². The standard InChI is InChI=1S/C11H13N3/c12-7-11-4-2-6-14(11)9-10-3-1-5-13-8-10/h1-6,8H,7,9,12H2. The molecule has 0 bridgehead atoms. The SMILES string of the molecule is NCc1cccn1Cc1cccnc1. The first-order chi connectivity index (χ1) is 6.90. The van der Waals surface area contributed by atoms with Gasteiger partial charge in [-0.15, -0.1) is 0 Å². The summed E-state index contributed by atoms with van der Waals surface area (Å²) < 4.78 is 2.14. The van der Waals surface area contributed by atoms with E-state index in [1.54, 1.807) is 6.20 Å². The first-order valence-corrected chi connectivity index (χ1v) is 4.63. The Morgan fingerprint density at radius 2 is 2.21 bits per heavy atom. The first kappa shape index (κ1) is 8.97. The quantitative estimate of drug-likeness (QED) is 0.789. The Balaban J connectivity index is 2.19. The van der Waals surface area contributed by atoms with Crippen LogP contribution in [0.5, 0.6) is 0 Å². The van der Waals surface area contributed by atoms with Gasteiger partial charge in [-0.3, -0.25) is 4.98 Å². The summed E-state index contributed by atoms with van der Waals surface area (Å²) in [6.45, 7) is 1.42. The molecular formula is C11H13N3. The molecule has 0 spiro atoms. The Hall–Kier alpha value is -1.61. The van der Waals surface area contributed by atoms with Gasteiger partial charge in [-0.1, -0.05) is 6.07 Å². The van der Waals surface area contributed by atoms with Crippen LogP contribution in [0.2, 0.25) is 0 Å². The van der Waals surface area contributed by atoms with E-state index in [1.807, 2.05) is 30.6 Å². The summed E-state index contributed by atoms with van der Waals surface area (Å²) in [6.07, 6.45) is 5.69. The molecule has 0 aliphatic heterocycles. The van der Waals surface area contributed by atoms with Crippen molar-refractivity contribution in [1.29, 1.82) is 0 Å². The number of hydrogen-bond acceptors (Lipinski definition) is 2. The van der Waals surface area contributed by atoms with Crippen molar-refractivity contribution in [2.45, 2.75) is 13.1 Å². The molecule has 2 aromatic heterocycles. The predicted octanol–water partition coefficient (Wildman–Crippen LogP) is 1.39. The summed E-state index contributed by atoms with van der Waals surface area (Å²) >= 11 is 0. The molecule has 0 aromatic carbocycles. The molecule has 0 atom stereocenters. The van der Waals surface area contributed by atoms with Crippen LogP contribution in [0.1, 0.15) is 11.3 Å². The lowest BCUT2D eigenvalue weighted by Crippen LogP contribution is -2.07. The molecule has 2 N–H and O–H groups in total. The van der Waals surface area contributed by atoms with Gasteiger partial charge in [-0.05, 0) is 23.8 Å². The molecule has 2 aromatic rings. The third-order valence-corrected chi connectivity index (χ3v) is 2.21. The van der Waals surface area contributed by atoms with Gasteiger partial charge in [0, 0.05) is 37.4 Å². The number of aromatic nitrogens is 2. The second-order valence-electron chi connectivity index (χ2n) is 3.19. The maximum absolute atomic E-state index is 5.61. The van der Waals surface area contributed by atoms with Crippen LogP contribution in [0.4, 0.5) is 0 Å². The smallest absolute Gasteiger partial charge is 0.0488 e. The average Bonchev–Trinajstić information content (AvgIpc) is 2.67. The van der Waals surface area contributed by atoms with Gasteiger partial charge in [-0.2, -0.15) is 0 Å². The highest BCUT2D eigenvalue weighted by Gasteiger charge is 1.98. The molecule has 2 rings (SSSR count). The number of rotatable bonds is 3. The number of hydrogen-bond donors (Lipinski definition) is 1. The summed E-state index contributed by atoms with van der Waals surface area (Å²) in [5, 5.41) is 0. The molecule has 2 heterocycles. The molecule has 0 saturated heterocycles. The molecule has 0 unspecified atom stereocenters. The fourth-order valence-electron chi connectivity index (χ4n) is 1.48. The zero-order valence-electron chi connectivity index (χ0n) is 7.93.